The summed E-state index contributed by atoms with van der Waals surface area (Å²) < 4.78 is 0. The van der Waals surface area contributed by atoms with Crippen LogP contribution in [0, 0.1) is 18.8 Å². The largest absolute Gasteiger partial charge is 0.303 e. The van der Waals surface area contributed by atoms with Gasteiger partial charge in [-0.2, -0.15) is 0 Å². The van der Waals surface area contributed by atoms with Crippen molar-refractivity contribution in [3.8, 4) is 12.8 Å². The Hall–Kier alpha value is -0.480. The second kappa shape index (κ2) is 6.08. The third kappa shape index (κ3) is 3.28. The van der Waals surface area contributed by atoms with Crippen molar-refractivity contribution in [2.24, 2.45) is 5.92 Å². The molecule has 1 saturated heterocycles. The van der Waals surface area contributed by atoms with E-state index in [0.717, 1.165) is 12.0 Å². The van der Waals surface area contributed by atoms with Gasteiger partial charge in [-0.1, -0.05) is 13.8 Å². The Morgan fingerprint density at radius 2 is 2.00 bits per heavy atom. The lowest BCUT2D eigenvalue weighted by Crippen LogP contribution is -2.38. The van der Waals surface area contributed by atoms with Crippen LogP contribution < -0.4 is 0 Å². The fraction of sp³-hybridized carbons (Fsp3) is 0.818. The topological polar surface area (TPSA) is 3.24 Å². The molecule has 0 radical (unpaired) electrons. The molecule has 12 heavy (non-hydrogen) atoms. The average molecular weight is 167 g/mol. The smallest absolute Gasteiger partial charge is 0.00921 e. The van der Waals surface area contributed by atoms with Gasteiger partial charge in [0.25, 0.3) is 0 Å². The van der Waals surface area contributed by atoms with Crippen LogP contribution in [-0.2, 0) is 0 Å². The van der Waals surface area contributed by atoms with Crippen molar-refractivity contribution in [1.82, 2.24) is 4.90 Å². The van der Waals surface area contributed by atoms with Gasteiger partial charge >= 0.3 is 0 Å². The van der Waals surface area contributed by atoms with E-state index in [4.69, 9.17) is 0 Å². The molecule has 1 nitrogen and oxygen atoms in total. The van der Waals surface area contributed by atoms with Gasteiger partial charge in [-0.15, -0.1) is 12.8 Å². The monoisotopic (exact) mass is 167 g/mol. The van der Waals surface area contributed by atoms with E-state index >= 15 is 0 Å². The molecule has 2 atom stereocenters. The van der Waals surface area contributed by atoms with Crippen LogP contribution in [0.1, 0.15) is 33.1 Å². The summed E-state index contributed by atoms with van der Waals surface area (Å²) in [6, 6.07) is 0.865. The van der Waals surface area contributed by atoms with Gasteiger partial charge in [-0.3, -0.25) is 0 Å². The minimum atomic E-state index is 0.865. The van der Waals surface area contributed by atoms with E-state index in [1.54, 1.807) is 0 Å². The summed E-state index contributed by atoms with van der Waals surface area (Å²) in [7, 11) is 2.25. The zero-order valence-electron chi connectivity index (χ0n) is 8.59. The van der Waals surface area contributed by atoms with E-state index in [1.807, 2.05) is 0 Å². The van der Waals surface area contributed by atoms with Crippen LogP contribution >= 0.6 is 0 Å². The summed E-state index contributed by atoms with van der Waals surface area (Å²) in [5.74, 6) is 0.959. The van der Waals surface area contributed by atoms with Crippen molar-refractivity contribution in [2.75, 3.05) is 13.6 Å². The third-order valence-electron chi connectivity index (χ3n) is 2.74. The zero-order valence-corrected chi connectivity index (χ0v) is 8.59. The second-order valence-electron chi connectivity index (χ2n) is 3.67. The number of rotatable bonds is 1. The molecule has 0 amide bonds. The first-order valence-electron chi connectivity index (χ1n) is 4.77. The molecule has 1 heteroatoms. The molecule has 0 bridgehead atoms. The lowest BCUT2D eigenvalue weighted by Gasteiger charge is -2.35. The highest BCUT2D eigenvalue weighted by Crippen LogP contribution is 2.22. The number of nitrogens with zero attached hydrogens (tertiary/aromatic N) is 1. The molecule has 1 aliphatic heterocycles. The standard InChI is InChI=1S/C9H19N.C2H2/c1-4-9-7-8(2)5-6-10(9)3;1-2/h8-9H,4-7H2,1-3H3;1-2H/t8?,9-;/m1./s1. The van der Waals surface area contributed by atoms with Crippen molar-refractivity contribution in [1.29, 1.82) is 0 Å². The minimum Gasteiger partial charge on any atom is -0.303 e. The van der Waals surface area contributed by atoms with Crippen molar-refractivity contribution >= 4 is 0 Å². The molecule has 0 saturated carbocycles. The van der Waals surface area contributed by atoms with Crippen molar-refractivity contribution in [2.45, 2.75) is 39.2 Å². The lowest BCUT2D eigenvalue weighted by atomic mass is 9.92. The van der Waals surface area contributed by atoms with Crippen LogP contribution in [0.15, 0.2) is 0 Å². The molecule has 0 N–H and O–H groups in total. The number of piperidine rings is 1. The number of likely N-dealkylation sites (tertiary alicyclic amines) is 1. The summed E-state index contributed by atoms with van der Waals surface area (Å²) in [6.45, 7) is 5.97. The molecule has 1 aliphatic rings. The SMILES string of the molecule is C#C.CC[C@@H]1CC(C)CCN1C. The first kappa shape index (κ1) is 11.5. The van der Waals surface area contributed by atoms with Crippen LogP contribution in [-0.4, -0.2) is 24.5 Å². The third-order valence-corrected chi connectivity index (χ3v) is 2.74. The quantitative estimate of drug-likeness (QED) is 0.542. The fourth-order valence-corrected chi connectivity index (χ4v) is 1.85. The molecule has 1 fully saturated rings. The van der Waals surface area contributed by atoms with E-state index in [-0.39, 0.29) is 0 Å². The number of terminal acetylenes is 1. The van der Waals surface area contributed by atoms with Gasteiger partial charge in [-0.05, 0) is 38.8 Å². The zero-order chi connectivity index (χ0) is 9.56. The van der Waals surface area contributed by atoms with Gasteiger partial charge in [0.1, 0.15) is 0 Å². The Kier molecular flexibility index (Phi) is 5.84. The Bertz CT molecular complexity index is 128. The van der Waals surface area contributed by atoms with Crippen LogP contribution in [0.4, 0.5) is 0 Å². The Morgan fingerprint density at radius 3 is 2.42 bits per heavy atom. The molecule has 0 aromatic heterocycles. The molecule has 1 heterocycles. The van der Waals surface area contributed by atoms with E-state index in [2.05, 4.69) is 38.6 Å². The summed E-state index contributed by atoms with van der Waals surface area (Å²) in [6.07, 6.45) is 12.1. The molecule has 1 rings (SSSR count). The van der Waals surface area contributed by atoms with Crippen LogP contribution in [0.25, 0.3) is 0 Å². The lowest BCUT2D eigenvalue weighted by molar-refractivity contribution is 0.145. The highest BCUT2D eigenvalue weighted by Gasteiger charge is 2.21. The molecule has 0 aromatic rings. The molecule has 0 aromatic carbocycles. The van der Waals surface area contributed by atoms with Gasteiger partial charge < -0.3 is 4.90 Å². The van der Waals surface area contributed by atoms with Gasteiger partial charge in [0.15, 0.2) is 0 Å². The summed E-state index contributed by atoms with van der Waals surface area (Å²) in [5.41, 5.74) is 0. The molecule has 1 unspecified atom stereocenters. The van der Waals surface area contributed by atoms with Crippen molar-refractivity contribution in [3.63, 3.8) is 0 Å². The van der Waals surface area contributed by atoms with Gasteiger partial charge in [0.05, 0.1) is 0 Å². The summed E-state index contributed by atoms with van der Waals surface area (Å²) >= 11 is 0. The fourth-order valence-electron chi connectivity index (χ4n) is 1.85. The van der Waals surface area contributed by atoms with Crippen molar-refractivity contribution < 1.29 is 0 Å². The van der Waals surface area contributed by atoms with Gasteiger partial charge in [-0.25, -0.2) is 0 Å². The van der Waals surface area contributed by atoms with E-state index < -0.39 is 0 Å². The Morgan fingerprint density at radius 1 is 1.42 bits per heavy atom. The summed E-state index contributed by atoms with van der Waals surface area (Å²) in [4.78, 5) is 2.50. The van der Waals surface area contributed by atoms with Gasteiger partial charge in [0.2, 0.25) is 0 Å². The highest BCUT2D eigenvalue weighted by molar-refractivity contribution is 4.76. The number of hydrogen-bond acceptors (Lipinski definition) is 1. The average Bonchev–Trinajstić information content (AvgIpc) is 2.13. The molecule has 0 aliphatic carbocycles. The Labute approximate surface area is 77.1 Å². The first-order valence-corrected chi connectivity index (χ1v) is 4.77. The molecular weight excluding hydrogens is 146 g/mol. The van der Waals surface area contributed by atoms with E-state index in [9.17, 15) is 0 Å². The predicted molar refractivity (Wildman–Crippen MR) is 55.0 cm³/mol. The van der Waals surface area contributed by atoms with Gasteiger partial charge in [0, 0.05) is 6.04 Å². The van der Waals surface area contributed by atoms with Crippen LogP contribution in [0.3, 0.4) is 0 Å². The number of hydrogen-bond donors (Lipinski definition) is 0. The van der Waals surface area contributed by atoms with Crippen molar-refractivity contribution in [3.05, 3.63) is 0 Å². The molecule has 70 valence electrons. The summed E-state index contributed by atoms with van der Waals surface area (Å²) in [5, 5.41) is 0. The minimum absolute atomic E-state index is 0.865. The van der Waals surface area contributed by atoms with E-state index in [0.29, 0.717) is 0 Å². The van der Waals surface area contributed by atoms with Crippen LogP contribution in [0.2, 0.25) is 0 Å². The molecule has 0 spiro atoms. The highest BCUT2D eigenvalue weighted by atomic mass is 15.1. The predicted octanol–water partition coefficient (Wildman–Crippen LogP) is 2.38. The Balaban J connectivity index is 0.000000561. The maximum absolute atomic E-state index is 4.00. The second-order valence-corrected chi connectivity index (χ2v) is 3.67. The molecular formula is C11H21N. The maximum Gasteiger partial charge on any atom is 0.00921 e. The first-order chi connectivity index (χ1) is 5.74. The normalized spacial score (nSPS) is 30.4. The maximum atomic E-state index is 4.00. The van der Waals surface area contributed by atoms with E-state index in [1.165, 1.54) is 25.8 Å². The van der Waals surface area contributed by atoms with Crippen LogP contribution in [0.5, 0.6) is 0 Å².